The molecule has 0 radical (unpaired) electrons. The van der Waals surface area contributed by atoms with Gasteiger partial charge >= 0.3 is 5.85 Å². The summed E-state index contributed by atoms with van der Waals surface area (Å²) in [7, 11) is 0. The Bertz CT molecular complexity index is 374. The van der Waals surface area contributed by atoms with Crippen molar-refractivity contribution < 1.29 is 31.1 Å². The van der Waals surface area contributed by atoms with Crippen molar-refractivity contribution in [2.75, 3.05) is 6.61 Å². The first-order chi connectivity index (χ1) is 7.36. The van der Waals surface area contributed by atoms with Crippen molar-refractivity contribution in [1.29, 1.82) is 0 Å². The van der Waals surface area contributed by atoms with Crippen molar-refractivity contribution in [3.63, 3.8) is 0 Å². The number of hydrogen-bond donors (Lipinski definition) is 0. The zero-order chi connectivity index (χ0) is 12.5. The summed E-state index contributed by atoms with van der Waals surface area (Å²) in [4.78, 5) is 0. The molecule has 1 aliphatic carbocycles. The Kier molecular flexibility index (Phi) is 3.47. The molecule has 0 aromatic carbocycles. The van der Waals surface area contributed by atoms with E-state index in [0.717, 1.165) is 6.08 Å². The Balaban J connectivity index is 3.18. The predicted octanol–water partition coefficient (Wildman–Crippen LogP) is 3.51. The number of hydrogen-bond acceptors (Lipinski definition) is 1. The molecular weight excluding hydrogens is 238 g/mol. The first-order valence-electron chi connectivity index (χ1n) is 4.05. The van der Waals surface area contributed by atoms with Gasteiger partial charge in [0.15, 0.2) is 17.5 Å². The van der Waals surface area contributed by atoms with Crippen LogP contribution in [0, 0.1) is 0 Å². The molecule has 0 spiro atoms. The number of rotatable bonds is 3. The molecule has 0 heterocycles. The molecule has 16 heavy (non-hydrogen) atoms. The highest BCUT2D eigenvalue weighted by Gasteiger charge is 2.55. The van der Waals surface area contributed by atoms with Crippen LogP contribution in [0.15, 0.2) is 36.0 Å². The van der Waals surface area contributed by atoms with Crippen LogP contribution in [-0.2, 0) is 4.74 Å². The zero-order valence-electron chi connectivity index (χ0n) is 7.74. The molecule has 0 aliphatic heterocycles. The van der Waals surface area contributed by atoms with Gasteiger partial charge in [-0.3, -0.25) is 0 Å². The molecular formula is C9H6F6O. The van der Waals surface area contributed by atoms with Gasteiger partial charge in [0.25, 0.3) is 0 Å². The van der Waals surface area contributed by atoms with Gasteiger partial charge in [-0.2, -0.15) is 0 Å². The normalized spacial score (nSPS) is 31.0. The summed E-state index contributed by atoms with van der Waals surface area (Å²) in [6, 6.07) is 0. The fourth-order valence-electron chi connectivity index (χ4n) is 1.05. The molecule has 0 unspecified atom stereocenters. The van der Waals surface area contributed by atoms with Gasteiger partial charge in [-0.1, -0.05) is 6.08 Å². The maximum Gasteiger partial charge on any atom is 0.303 e. The van der Waals surface area contributed by atoms with Crippen LogP contribution >= 0.6 is 0 Å². The van der Waals surface area contributed by atoms with E-state index < -0.39 is 41.9 Å². The van der Waals surface area contributed by atoms with Crippen LogP contribution < -0.4 is 0 Å². The maximum atomic E-state index is 13.5. The second-order valence-electron chi connectivity index (χ2n) is 2.90. The van der Waals surface area contributed by atoms with Crippen molar-refractivity contribution in [1.82, 2.24) is 0 Å². The minimum atomic E-state index is -4.00. The van der Waals surface area contributed by atoms with Crippen molar-refractivity contribution in [2.45, 2.75) is 12.0 Å². The van der Waals surface area contributed by atoms with Gasteiger partial charge in [-0.15, -0.1) is 6.58 Å². The summed E-state index contributed by atoms with van der Waals surface area (Å²) < 4.78 is 81.1. The second kappa shape index (κ2) is 4.32. The third kappa shape index (κ3) is 1.75. The summed E-state index contributed by atoms with van der Waals surface area (Å²) in [5, 5.41) is 0. The number of alkyl halides is 2. The minimum Gasteiger partial charge on any atom is -0.334 e. The molecule has 0 N–H and O–H groups in total. The lowest BCUT2D eigenvalue weighted by atomic mass is 10.0. The first kappa shape index (κ1) is 12.8. The SMILES string of the molecule is C=CCO[C@@]1(F)C(F)=C(F)C(F)=C(F)[C@@H]1F. The third-order valence-electron chi connectivity index (χ3n) is 1.85. The van der Waals surface area contributed by atoms with E-state index in [4.69, 9.17) is 0 Å². The number of ether oxygens (including phenoxy) is 1. The van der Waals surface area contributed by atoms with Crippen LogP contribution in [-0.4, -0.2) is 18.6 Å². The third-order valence-corrected chi connectivity index (χ3v) is 1.85. The monoisotopic (exact) mass is 244 g/mol. The molecule has 0 amide bonds. The Morgan fingerprint density at radius 2 is 1.81 bits per heavy atom. The van der Waals surface area contributed by atoms with E-state index in [2.05, 4.69) is 11.3 Å². The molecule has 90 valence electrons. The highest BCUT2D eigenvalue weighted by atomic mass is 19.2. The lowest BCUT2D eigenvalue weighted by Crippen LogP contribution is -2.42. The summed E-state index contributed by atoms with van der Waals surface area (Å²) in [6.45, 7) is 2.35. The second-order valence-corrected chi connectivity index (χ2v) is 2.90. The van der Waals surface area contributed by atoms with Gasteiger partial charge in [0, 0.05) is 0 Å². The van der Waals surface area contributed by atoms with Crippen molar-refractivity contribution in [2.24, 2.45) is 0 Å². The Labute approximate surface area is 86.7 Å². The van der Waals surface area contributed by atoms with Gasteiger partial charge in [0.1, 0.15) is 0 Å². The standard InChI is InChI=1S/C9H6F6O/c1-2-3-16-9(15)7(13)5(11)4(10)6(12)8(9)14/h2,7H,1,3H2/t7-,9+/m0/s1. The van der Waals surface area contributed by atoms with Crippen LogP contribution in [0.1, 0.15) is 0 Å². The number of halogens is 6. The Morgan fingerprint density at radius 3 is 2.31 bits per heavy atom. The van der Waals surface area contributed by atoms with E-state index in [1.807, 2.05) is 0 Å². The van der Waals surface area contributed by atoms with Gasteiger partial charge in [0.05, 0.1) is 6.61 Å². The fraction of sp³-hybridized carbons (Fsp3) is 0.333. The molecule has 0 saturated carbocycles. The summed E-state index contributed by atoms with van der Waals surface area (Å²) in [5.41, 5.74) is 0. The van der Waals surface area contributed by atoms with Crippen LogP contribution in [0.2, 0.25) is 0 Å². The van der Waals surface area contributed by atoms with E-state index in [9.17, 15) is 26.3 Å². The lowest BCUT2D eigenvalue weighted by molar-refractivity contribution is -0.163. The summed E-state index contributed by atoms with van der Waals surface area (Å²) in [5.74, 6) is -13.7. The van der Waals surface area contributed by atoms with E-state index in [1.54, 1.807) is 0 Å². The van der Waals surface area contributed by atoms with E-state index in [-0.39, 0.29) is 0 Å². The highest BCUT2D eigenvalue weighted by molar-refractivity contribution is 5.37. The van der Waals surface area contributed by atoms with Crippen LogP contribution in [0.3, 0.4) is 0 Å². The lowest BCUT2D eigenvalue weighted by Gasteiger charge is -2.28. The topological polar surface area (TPSA) is 9.23 Å². The molecule has 2 atom stereocenters. The highest BCUT2D eigenvalue weighted by Crippen LogP contribution is 2.44. The largest absolute Gasteiger partial charge is 0.334 e. The van der Waals surface area contributed by atoms with Gasteiger partial charge in [-0.25, -0.2) is 26.3 Å². The van der Waals surface area contributed by atoms with E-state index in [1.165, 1.54) is 0 Å². The van der Waals surface area contributed by atoms with Gasteiger partial charge < -0.3 is 4.74 Å². The van der Waals surface area contributed by atoms with Crippen LogP contribution in [0.4, 0.5) is 26.3 Å². The molecule has 0 bridgehead atoms. The average Bonchev–Trinajstić information content (AvgIpc) is 2.29. The molecule has 7 heteroatoms. The molecule has 0 fully saturated rings. The fourth-order valence-corrected chi connectivity index (χ4v) is 1.05. The summed E-state index contributed by atoms with van der Waals surface area (Å²) >= 11 is 0. The zero-order valence-corrected chi connectivity index (χ0v) is 7.74. The van der Waals surface area contributed by atoms with Crippen LogP contribution in [0.25, 0.3) is 0 Å². The molecule has 1 nitrogen and oxygen atoms in total. The molecule has 1 rings (SSSR count). The quantitative estimate of drug-likeness (QED) is 0.545. The Hall–Kier alpha value is -1.24. The predicted molar refractivity (Wildman–Crippen MR) is 43.4 cm³/mol. The van der Waals surface area contributed by atoms with Crippen molar-refractivity contribution in [3.8, 4) is 0 Å². The van der Waals surface area contributed by atoms with Crippen LogP contribution in [0.5, 0.6) is 0 Å². The van der Waals surface area contributed by atoms with Crippen molar-refractivity contribution in [3.05, 3.63) is 36.0 Å². The number of allylic oxidation sites excluding steroid dienone is 2. The summed E-state index contributed by atoms with van der Waals surface area (Å²) in [6.07, 6.45) is -2.49. The molecule has 0 aromatic heterocycles. The maximum absolute atomic E-state index is 13.5. The molecule has 1 aliphatic rings. The van der Waals surface area contributed by atoms with E-state index >= 15 is 0 Å². The van der Waals surface area contributed by atoms with Gasteiger partial charge in [-0.05, 0) is 0 Å². The van der Waals surface area contributed by atoms with Gasteiger partial charge in [0.2, 0.25) is 12.0 Å². The molecule has 0 saturated heterocycles. The molecule has 0 aromatic rings. The van der Waals surface area contributed by atoms with Crippen molar-refractivity contribution >= 4 is 0 Å². The minimum absolute atomic E-state index is 0.702. The smallest absolute Gasteiger partial charge is 0.303 e. The average molecular weight is 244 g/mol. The van der Waals surface area contributed by atoms with E-state index in [0.29, 0.717) is 0 Å². The first-order valence-corrected chi connectivity index (χ1v) is 4.05. The Morgan fingerprint density at radius 1 is 1.25 bits per heavy atom.